The fourth-order valence-corrected chi connectivity index (χ4v) is 2.00. The summed E-state index contributed by atoms with van der Waals surface area (Å²) >= 11 is 0. The first-order chi connectivity index (χ1) is 8.45. The lowest BCUT2D eigenvalue weighted by Gasteiger charge is -2.27. The minimum atomic E-state index is -0.763. The molecule has 1 aromatic rings. The molecule has 0 spiro atoms. The zero-order chi connectivity index (χ0) is 13.7. The van der Waals surface area contributed by atoms with Gasteiger partial charge in [-0.15, -0.1) is 0 Å². The summed E-state index contributed by atoms with van der Waals surface area (Å²) in [6, 6.07) is 6.48. The van der Waals surface area contributed by atoms with Crippen molar-refractivity contribution in [1.82, 2.24) is 4.90 Å². The van der Waals surface area contributed by atoms with Crippen LogP contribution in [-0.2, 0) is 11.3 Å². The normalized spacial score (nSPS) is 12.7. The number of hydrogen-bond donors (Lipinski definition) is 1. The van der Waals surface area contributed by atoms with Crippen molar-refractivity contribution in [3.8, 4) is 0 Å². The van der Waals surface area contributed by atoms with Crippen LogP contribution in [0.25, 0.3) is 0 Å². The molecule has 0 amide bonds. The molecule has 0 aliphatic heterocycles. The van der Waals surface area contributed by atoms with Crippen LogP contribution < -0.4 is 0 Å². The zero-order valence-electron chi connectivity index (χ0n) is 11.7. The van der Waals surface area contributed by atoms with Gasteiger partial charge < -0.3 is 5.11 Å². The van der Waals surface area contributed by atoms with Gasteiger partial charge in [0.1, 0.15) is 0 Å². The lowest BCUT2D eigenvalue weighted by atomic mass is 10.0. The highest BCUT2D eigenvalue weighted by Gasteiger charge is 2.16. The lowest BCUT2D eigenvalue weighted by Crippen LogP contribution is -2.36. The SMILES string of the molecule is CCC(C)N(CC(=O)O)Cc1cccc(C)c1C. The van der Waals surface area contributed by atoms with Gasteiger partial charge >= 0.3 is 5.97 Å². The summed E-state index contributed by atoms with van der Waals surface area (Å²) < 4.78 is 0. The smallest absolute Gasteiger partial charge is 0.317 e. The van der Waals surface area contributed by atoms with Gasteiger partial charge in [0.15, 0.2) is 0 Å². The van der Waals surface area contributed by atoms with E-state index in [-0.39, 0.29) is 12.6 Å². The van der Waals surface area contributed by atoms with E-state index in [0.29, 0.717) is 6.54 Å². The van der Waals surface area contributed by atoms with Crippen molar-refractivity contribution in [2.24, 2.45) is 0 Å². The largest absolute Gasteiger partial charge is 0.480 e. The molecule has 0 aliphatic rings. The first-order valence-corrected chi connectivity index (χ1v) is 6.46. The Morgan fingerprint density at radius 3 is 2.61 bits per heavy atom. The Balaban J connectivity index is 2.88. The van der Waals surface area contributed by atoms with Crippen molar-refractivity contribution < 1.29 is 9.90 Å². The van der Waals surface area contributed by atoms with Gasteiger partial charge in [-0.3, -0.25) is 9.69 Å². The number of nitrogens with zero attached hydrogens (tertiary/aromatic N) is 1. The molecule has 0 saturated carbocycles. The second-order valence-corrected chi connectivity index (χ2v) is 4.92. The number of hydrogen-bond acceptors (Lipinski definition) is 2. The van der Waals surface area contributed by atoms with E-state index < -0.39 is 5.97 Å². The molecule has 1 unspecified atom stereocenters. The standard InChI is InChI=1S/C15H23NO2/c1-5-12(3)16(10-15(17)18)9-14-8-6-7-11(2)13(14)4/h6-8,12H,5,9-10H2,1-4H3,(H,17,18). The van der Waals surface area contributed by atoms with Crippen LogP contribution in [0.15, 0.2) is 18.2 Å². The van der Waals surface area contributed by atoms with Gasteiger partial charge in [-0.05, 0) is 43.9 Å². The summed E-state index contributed by atoms with van der Waals surface area (Å²) in [5, 5.41) is 8.99. The van der Waals surface area contributed by atoms with Gasteiger partial charge in [0.05, 0.1) is 6.54 Å². The van der Waals surface area contributed by atoms with E-state index >= 15 is 0 Å². The summed E-state index contributed by atoms with van der Waals surface area (Å²) in [7, 11) is 0. The van der Waals surface area contributed by atoms with Crippen molar-refractivity contribution in [3.63, 3.8) is 0 Å². The van der Waals surface area contributed by atoms with E-state index in [1.54, 1.807) is 0 Å². The van der Waals surface area contributed by atoms with Crippen LogP contribution in [0.2, 0.25) is 0 Å². The summed E-state index contributed by atoms with van der Waals surface area (Å²) in [6.07, 6.45) is 0.956. The van der Waals surface area contributed by atoms with Gasteiger partial charge in [0.2, 0.25) is 0 Å². The molecule has 1 atom stereocenters. The van der Waals surface area contributed by atoms with Gasteiger partial charge in [-0.25, -0.2) is 0 Å². The molecule has 0 fully saturated rings. The molecule has 0 bridgehead atoms. The highest BCUT2D eigenvalue weighted by atomic mass is 16.4. The summed E-state index contributed by atoms with van der Waals surface area (Å²) in [6.45, 7) is 9.15. The second kappa shape index (κ2) is 6.55. The predicted molar refractivity (Wildman–Crippen MR) is 73.7 cm³/mol. The van der Waals surface area contributed by atoms with E-state index in [1.165, 1.54) is 16.7 Å². The van der Waals surface area contributed by atoms with Crippen molar-refractivity contribution >= 4 is 5.97 Å². The molecular weight excluding hydrogens is 226 g/mol. The monoisotopic (exact) mass is 249 g/mol. The first-order valence-electron chi connectivity index (χ1n) is 6.46. The minimum absolute atomic E-state index is 0.0996. The van der Waals surface area contributed by atoms with Crippen LogP contribution in [-0.4, -0.2) is 28.6 Å². The van der Waals surface area contributed by atoms with Crippen LogP contribution in [0.5, 0.6) is 0 Å². The van der Waals surface area contributed by atoms with Crippen LogP contribution in [0, 0.1) is 13.8 Å². The fourth-order valence-electron chi connectivity index (χ4n) is 2.00. The average molecular weight is 249 g/mol. The Labute approximate surface area is 109 Å². The molecule has 100 valence electrons. The summed E-state index contributed by atoms with van der Waals surface area (Å²) in [5.74, 6) is -0.763. The highest BCUT2D eigenvalue weighted by Crippen LogP contribution is 2.17. The number of aryl methyl sites for hydroxylation is 1. The molecule has 1 N–H and O–H groups in total. The summed E-state index contributed by atoms with van der Waals surface area (Å²) in [5.41, 5.74) is 3.74. The van der Waals surface area contributed by atoms with Gasteiger partial charge in [-0.2, -0.15) is 0 Å². The third-order valence-electron chi connectivity index (χ3n) is 3.64. The number of carboxylic acid groups (broad SMARTS) is 1. The van der Waals surface area contributed by atoms with Gasteiger partial charge in [0.25, 0.3) is 0 Å². The quantitative estimate of drug-likeness (QED) is 0.842. The Kier molecular flexibility index (Phi) is 5.35. The maximum atomic E-state index is 10.9. The summed E-state index contributed by atoms with van der Waals surface area (Å²) in [4.78, 5) is 12.9. The first kappa shape index (κ1) is 14.7. The van der Waals surface area contributed by atoms with Crippen LogP contribution in [0.1, 0.15) is 37.0 Å². The maximum Gasteiger partial charge on any atom is 0.317 e. The van der Waals surface area contributed by atoms with E-state index in [4.69, 9.17) is 5.11 Å². The van der Waals surface area contributed by atoms with Crippen molar-refractivity contribution in [2.75, 3.05) is 6.54 Å². The van der Waals surface area contributed by atoms with Crippen molar-refractivity contribution in [3.05, 3.63) is 34.9 Å². The number of benzene rings is 1. The van der Waals surface area contributed by atoms with Crippen LogP contribution in [0.3, 0.4) is 0 Å². The molecular formula is C15H23NO2. The Hall–Kier alpha value is -1.35. The molecule has 0 aromatic heterocycles. The van der Waals surface area contributed by atoms with E-state index in [0.717, 1.165) is 6.42 Å². The van der Waals surface area contributed by atoms with Crippen LogP contribution in [0.4, 0.5) is 0 Å². The number of carbonyl (C=O) groups is 1. The zero-order valence-corrected chi connectivity index (χ0v) is 11.7. The van der Waals surface area contributed by atoms with Gasteiger partial charge in [-0.1, -0.05) is 25.1 Å². The molecule has 0 aliphatic carbocycles. The van der Waals surface area contributed by atoms with Crippen molar-refractivity contribution in [2.45, 2.75) is 46.7 Å². The molecule has 1 rings (SSSR count). The van der Waals surface area contributed by atoms with E-state index in [1.807, 2.05) is 11.0 Å². The molecule has 18 heavy (non-hydrogen) atoms. The molecule has 0 radical (unpaired) electrons. The molecule has 3 nitrogen and oxygen atoms in total. The number of aliphatic carboxylic acids is 1. The van der Waals surface area contributed by atoms with Gasteiger partial charge in [0, 0.05) is 12.6 Å². The second-order valence-electron chi connectivity index (χ2n) is 4.92. The number of carboxylic acids is 1. The minimum Gasteiger partial charge on any atom is -0.480 e. The lowest BCUT2D eigenvalue weighted by molar-refractivity contribution is -0.139. The molecule has 1 aromatic carbocycles. The Bertz CT molecular complexity index is 415. The van der Waals surface area contributed by atoms with E-state index in [2.05, 4.69) is 39.8 Å². The number of rotatable bonds is 6. The van der Waals surface area contributed by atoms with Crippen LogP contribution >= 0.6 is 0 Å². The third-order valence-corrected chi connectivity index (χ3v) is 3.64. The van der Waals surface area contributed by atoms with E-state index in [9.17, 15) is 4.79 Å². The highest BCUT2D eigenvalue weighted by molar-refractivity contribution is 5.69. The fraction of sp³-hybridized carbons (Fsp3) is 0.533. The average Bonchev–Trinajstić information content (AvgIpc) is 2.32. The third kappa shape index (κ3) is 3.84. The Morgan fingerprint density at radius 1 is 1.39 bits per heavy atom. The van der Waals surface area contributed by atoms with Crippen molar-refractivity contribution in [1.29, 1.82) is 0 Å². The topological polar surface area (TPSA) is 40.5 Å². The molecule has 0 heterocycles. The molecule has 0 saturated heterocycles. The predicted octanol–water partition coefficient (Wildman–Crippen LogP) is 2.99. The Morgan fingerprint density at radius 2 is 2.06 bits per heavy atom. The molecule has 3 heteroatoms. The maximum absolute atomic E-state index is 10.9.